The lowest BCUT2D eigenvalue weighted by Crippen LogP contribution is -2.41. The Morgan fingerprint density at radius 1 is 0.875 bits per heavy atom. The van der Waals surface area contributed by atoms with Crippen molar-refractivity contribution in [3.8, 4) is 28.4 Å². The van der Waals surface area contributed by atoms with Gasteiger partial charge in [-0.1, -0.05) is 42.5 Å². The number of fused-ring (bicyclic) bond motifs is 1. The van der Waals surface area contributed by atoms with E-state index in [2.05, 4.69) is 57.5 Å². The molecule has 2 aliphatic heterocycles. The van der Waals surface area contributed by atoms with Crippen LogP contribution in [0.1, 0.15) is 12.0 Å². The first kappa shape index (κ1) is 20.4. The number of methoxy groups -OCH3 is 2. The van der Waals surface area contributed by atoms with E-state index >= 15 is 0 Å². The second-order valence-electron chi connectivity index (χ2n) is 8.01. The van der Waals surface area contributed by atoms with Crippen LogP contribution in [0.4, 0.5) is 5.69 Å². The van der Waals surface area contributed by atoms with E-state index in [0.717, 1.165) is 48.8 Å². The topological polar surface area (TPSA) is 46.5 Å². The van der Waals surface area contributed by atoms with Gasteiger partial charge in [-0.3, -0.25) is 5.01 Å². The summed E-state index contributed by atoms with van der Waals surface area (Å²) < 4.78 is 17.2. The molecule has 0 spiro atoms. The van der Waals surface area contributed by atoms with Crippen LogP contribution in [-0.2, 0) is 6.54 Å². The fourth-order valence-corrected chi connectivity index (χ4v) is 4.29. The lowest BCUT2D eigenvalue weighted by atomic mass is 10.1. The summed E-state index contributed by atoms with van der Waals surface area (Å²) in [4.78, 5) is 4.64. The van der Waals surface area contributed by atoms with Crippen molar-refractivity contribution in [1.82, 2.24) is 10.0 Å². The van der Waals surface area contributed by atoms with Crippen LogP contribution in [0.25, 0.3) is 11.1 Å². The van der Waals surface area contributed by atoms with Crippen molar-refractivity contribution in [1.29, 1.82) is 0 Å². The van der Waals surface area contributed by atoms with Crippen LogP contribution in [0.15, 0.2) is 71.7 Å². The molecule has 164 valence electrons. The summed E-state index contributed by atoms with van der Waals surface area (Å²) in [6.07, 6.45) is 3.01. The minimum atomic E-state index is 0.140. The Morgan fingerprint density at radius 3 is 2.47 bits per heavy atom. The van der Waals surface area contributed by atoms with Crippen molar-refractivity contribution in [2.24, 2.45) is 4.99 Å². The molecule has 5 rings (SSSR count). The maximum absolute atomic E-state index is 6.35. The van der Waals surface area contributed by atoms with Crippen LogP contribution in [-0.4, -0.2) is 49.8 Å². The van der Waals surface area contributed by atoms with Gasteiger partial charge >= 0.3 is 0 Å². The van der Waals surface area contributed by atoms with E-state index in [1.54, 1.807) is 14.2 Å². The van der Waals surface area contributed by atoms with Crippen LogP contribution >= 0.6 is 0 Å². The van der Waals surface area contributed by atoms with Crippen molar-refractivity contribution in [3.05, 3.63) is 72.3 Å². The fraction of sp³-hybridized carbons (Fsp3) is 0.269. The van der Waals surface area contributed by atoms with E-state index in [1.165, 1.54) is 11.1 Å². The standard InChI is InChI=1S/C26H27N3O3/c1-30-25-14-21-16-29(18-27-24(21)15-26(25)31-2)28-12-11-23(17-28)32-22-10-6-9-20(13-22)19-7-4-3-5-8-19/h3-10,13-15,18,23H,11-12,16-17H2,1-2H3. The van der Waals surface area contributed by atoms with Gasteiger partial charge in [-0.25, -0.2) is 10.0 Å². The Bertz CT molecular complexity index is 1120. The monoisotopic (exact) mass is 429 g/mol. The predicted octanol–water partition coefficient (Wildman–Crippen LogP) is 4.91. The number of hydrazine groups is 1. The molecule has 0 amide bonds. The molecule has 0 saturated carbocycles. The first-order valence-electron chi connectivity index (χ1n) is 10.9. The van der Waals surface area contributed by atoms with Gasteiger partial charge in [-0.2, -0.15) is 0 Å². The summed E-state index contributed by atoms with van der Waals surface area (Å²) >= 11 is 0. The second-order valence-corrected chi connectivity index (χ2v) is 8.01. The third kappa shape index (κ3) is 4.14. The highest BCUT2D eigenvalue weighted by molar-refractivity contribution is 5.69. The van der Waals surface area contributed by atoms with E-state index < -0.39 is 0 Å². The third-order valence-corrected chi connectivity index (χ3v) is 5.98. The van der Waals surface area contributed by atoms with Crippen molar-refractivity contribution in [2.45, 2.75) is 19.1 Å². The molecule has 1 unspecified atom stereocenters. The van der Waals surface area contributed by atoms with Crippen LogP contribution in [0.2, 0.25) is 0 Å². The summed E-state index contributed by atoms with van der Waals surface area (Å²) in [6, 6.07) is 22.7. The van der Waals surface area contributed by atoms with Crippen LogP contribution in [0.3, 0.4) is 0 Å². The molecule has 0 bridgehead atoms. The Labute approximate surface area is 188 Å². The Morgan fingerprint density at radius 2 is 1.66 bits per heavy atom. The quantitative estimate of drug-likeness (QED) is 0.557. The van der Waals surface area contributed by atoms with Crippen LogP contribution in [0.5, 0.6) is 17.2 Å². The summed E-state index contributed by atoms with van der Waals surface area (Å²) in [5.74, 6) is 2.33. The Hall–Kier alpha value is -3.51. The van der Waals surface area contributed by atoms with Gasteiger partial charge in [0.2, 0.25) is 0 Å². The van der Waals surface area contributed by atoms with Gasteiger partial charge in [0.25, 0.3) is 0 Å². The number of ether oxygens (including phenoxy) is 3. The van der Waals surface area contributed by atoms with E-state index in [-0.39, 0.29) is 6.10 Å². The minimum Gasteiger partial charge on any atom is -0.493 e. The molecular formula is C26H27N3O3. The molecule has 0 aromatic heterocycles. The predicted molar refractivity (Wildman–Crippen MR) is 126 cm³/mol. The number of hydrogen-bond acceptors (Lipinski definition) is 6. The number of hydrogen-bond donors (Lipinski definition) is 0. The van der Waals surface area contributed by atoms with E-state index in [9.17, 15) is 0 Å². The van der Waals surface area contributed by atoms with E-state index in [0.29, 0.717) is 5.75 Å². The fourth-order valence-electron chi connectivity index (χ4n) is 4.29. The zero-order valence-electron chi connectivity index (χ0n) is 18.4. The lowest BCUT2D eigenvalue weighted by molar-refractivity contribution is 0.0563. The first-order chi connectivity index (χ1) is 15.7. The SMILES string of the molecule is COc1cc2c(cc1OC)N=CN(N1CCC(Oc3cccc(-c4ccccc4)c3)C1)C2. The molecule has 6 nitrogen and oxygen atoms in total. The smallest absolute Gasteiger partial charge is 0.162 e. The third-order valence-electron chi connectivity index (χ3n) is 5.98. The van der Waals surface area contributed by atoms with Gasteiger partial charge < -0.3 is 14.2 Å². The summed E-state index contributed by atoms with van der Waals surface area (Å²) in [7, 11) is 3.30. The van der Waals surface area contributed by atoms with Gasteiger partial charge in [0.1, 0.15) is 18.2 Å². The molecule has 2 aliphatic rings. The lowest BCUT2D eigenvalue weighted by Gasteiger charge is -2.32. The zero-order chi connectivity index (χ0) is 21.9. The minimum absolute atomic E-state index is 0.140. The largest absolute Gasteiger partial charge is 0.493 e. The van der Waals surface area contributed by atoms with Crippen LogP contribution < -0.4 is 14.2 Å². The average Bonchev–Trinajstić information content (AvgIpc) is 3.32. The molecule has 3 aromatic rings. The maximum Gasteiger partial charge on any atom is 0.162 e. The van der Waals surface area contributed by atoms with Gasteiger partial charge in [0.05, 0.1) is 33.0 Å². The molecule has 1 fully saturated rings. The average molecular weight is 430 g/mol. The van der Waals surface area contributed by atoms with Crippen molar-refractivity contribution >= 4 is 12.0 Å². The van der Waals surface area contributed by atoms with E-state index in [1.807, 2.05) is 30.6 Å². The van der Waals surface area contributed by atoms with Crippen LogP contribution in [0, 0.1) is 0 Å². The number of aliphatic imine (C=N–C) groups is 1. The first-order valence-corrected chi connectivity index (χ1v) is 10.9. The van der Waals surface area contributed by atoms with Gasteiger partial charge in [-0.15, -0.1) is 0 Å². The molecule has 0 radical (unpaired) electrons. The van der Waals surface area contributed by atoms with Crippen molar-refractivity contribution < 1.29 is 14.2 Å². The second kappa shape index (κ2) is 8.93. The highest BCUT2D eigenvalue weighted by Crippen LogP contribution is 2.37. The van der Waals surface area contributed by atoms with Gasteiger partial charge in [0.15, 0.2) is 11.5 Å². The van der Waals surface area contributed by atoms with Gasteiger partial charge in [-0.05, 0) is 29.3 Å². The number of nitrogens with zero attached hydrogens (tertiary/aromatic N) is 3. The molecular weight excluding hydrogens is 402 g/mol. The highest BCUT2D eigenvalue weighted by atomic mass is 16.5. The molecule has 32 heavy (non-hydrogen) atoms. The normalized spacial score (nSPS) is 17.8. The molecule has 1 atom stereocenters. The van der Waals surface area contributed by atoms with Gasteiger partial charge in [0, 0.05) is 24.6 Å². The molecule has 2 heterocycles. The number of rotatable bonds is 6. The Balaban J connectivity index is 1.24. The molecule has 6 heteroatoms. The molecule has 0 N–H and O–H groups in total. The zero-order valence-corrected chi connectivity index (χ0v) is 18.4. The Kier molecular flexibility index (Phi) is 5.69. The maximum atomic E-state index is 6.35. The summed E-state index contributed by atoms with van der Waals surface area (Å²) in [5, 5.41) is 4.47. The van der Waals surface area contributed by atoms with Crippen molar-refractivity contribution in [2.75, 3.05) is 27.3 Å². The summed E-state index contributed by atoms with van der Waals surface area (Å²) in [5.41, 5.74) is 4.40. The van der Waals surface area contributed by atoms with E-state index in [4.69, 9.17) is 14.2 Å². The number of benzene rings is 3. The highest BCUT2D eigenvalue weighted by Gasteiger charge is 2.29. The molecule has 3 aromatic carbocycles. The van der Waals surface area contributed by atoms with Crippen molar-refractivity contribution in [3.63, 3.8) is 0 Å². The summed E-state index contributed by atoms with van der Waals surface area (Å²) in [6.45, 7) is 2.50. The molecule has 1 saturated heterocycles. The molecule has 0 aliphatic carbocycles.